The Labute approximate surface area is 103 Å². The van der Waals surface area contributed by atoms with Gasteiger partial charge in [0.05, 0.1) is 0 Å². The van der Waals surface area contributed by atoms with Crippen LogP contribution in [0.1, 0.15) is 10.6 Å². The normalized spacial score (nSPS) is 10.4. The van der Waals surface area contributed by atoms with E-state index in [9.17, 15) is 0 Å². The Bertz CT molecular complexity index is 453. The van der Waals surface area contributed by atoms with Crippen molar-refractivity contribution in [3.8, 4) is 0 Å². The molecule has 5 heteroatoms. The lowest BCUT2D eigenvalue weighted by Crippen LogP contribution is -2.04. The maximum atomic E-state index is 5.81. The molecule has 1 N–H and O–H groups in total. The molecular weight excluding hydrogens is 242 g/mol. The van der Waals surface area contributed by atoms with Gasteiger partial charge in [-0.2, -0.15) is 0 Å². The molecule has 1 aromatic heterocycles. The number of hydrogen-bond donors (Lipinski definition) is 1. The predicted octanol–water partition coefficient (Wildman–Crippen LogP) is 3.15. The number of halogens is 1. The average Bonchev–Trinajstić information content (AvgIpc) is 2.67. The molecule has 0 aliphatic rings. The van der Waals surface area contributed by atoms with Crippen molar-refractivity contribution in [3.63, 3.8) is 0 Å². The fourth-order valence-corrected chi connectivity index (χ4v) is 2.08. The molecular formula is C11H12ClN3S. The zero-order valence-electron chi connectivity index (χ0n) is 8.90. The summed E-state index contributed by atoms with van der Waals surface area (Å²) in [4.78, 5) is 0. The Morgan fingerprint density at radius 3 is 2.62 bits per heavy atom. The summed E-state index contributed by atoms with van der Waals surface area (Å²) >= 11 is 7.38. The van der Waals surface area contributed by atoms with Gasteiger partial charge in [0, 0.05) is 11.6 Å². The van der Waals surface area contributed by atoms with Gasteiger partial charge in [0.2, 0.25) is 5.13 Å². The van der Waals surface area contributed by atoms with E-state index in [1.807, 2.05) is 31.2 Å². The van der Waals surface area contributed by atoms with Gasteiger partial charge in [-0.15, -0.1) is 10.2 Å². The number of aromatic nitrogens is 2. The van der Waals surface area contributed by atoms with E-state index in [2.05, 4.69) is 15.5 Å². The van der Waals surface area contributed by atoms with Gasteiger partial charge >= 0.3 is 0 Å². The van der Waals surface area contributed by atoms with Crippen molar-refractivity contribution < 1.29 is 0 Å². The summed E-state index contributed by atoms with van der Waals surface area (Å²) in [6.07, 6.45) is 0.954. The van der Waals surface area contributed by atoms with Crippen LogP contribution in [0.2, 0.25) is 5.02 Å². The van der Waals surface area contributed by atoms with Crippen LogP contribution in [0.5, 0.6) is 0 Å². The Balaban J connectivity index is 1.82. The Morgan fingerprint density at radius 1 is 1.25 bits per heavy atom. The molecule has 0 aliphatic heterocycles. The minimum Gasteiger partial charge on any atom is -0.360 e. The lowest BCUT2D eigenvalue weighted by atomic mass is 10.1. The number of aryl methyl sites for hydroxylation is 1. The Morgan fingerprint density at radius 2 is 2.00 bits per heavy atom. The van der Waals surface area contributed by atoms with E-state index in [4.69, 9.17) is 11.6 Å². The van der Waals surface area contributed by atoms with E-state index in [0.29, 0.717) is 0 Å². The monoisotopic (exact) mass is 253 g/mol. The highest BCUT2D eigenvalue weighted by Gasteiger charge is 1.99. The maximum absolute atomic E-state index is 5.81. The summed E-state index contributed by atoms with van der Waals surface area (Å²) in [5.74, 6) is 0. The minimum absolute atomic E-state index is 0.774. The number of anilines is 1. The minimum atomic E-state index is 0.774. The van der Waals surface area contributed by atoms with Gasteiger partial charge in [0.1, 0.15) is 5.01 Å². The van der Waals surface area contributed by atoms with Crippen LogP contribution < -0.4 is 5.32 Å². The van der Waals surface area contributed by atoms with Gasteiger partial charge in [-0.05, 0) is 31.0 Å². The van der Waals surface area contributed by atoms with Crippen molar-refractivity contribution in [3.05, 3.63) is 39.9 Å². The van der Waals surface area contributed by atoms with E-state index in [0.717, 1.165) is 28.1 Å². The van der Waals surface area contributed by atoms with Crippen LogP contribution >= 0.6 is 22.9 Å². The van der Waals surface area contributed by atoms with Crippen LogP contribution in [0.4, 0.5) is 5.13 Å². The number of hydrogen-bond acceptors (Lipinski definition) is 4. The first kappa shape index (κ1) is 11.4. The zero-order chi connectivity index (χ0) is 11.4. The van der Waals surface area contributed by atoms with Gasteiger partial charge in [-0.25, -0.2) is 0 Å². The molecule has 0 saturated carbocycles. The second kappa shape index (κ2) is 5.27. The third-order valence-electron chi connectivity index (χ3n) is 2.13. The van der Waals surface area contributed by atoms with Gasteiger partial charge < -0.3 is 5.32 Å². The first-order chi connectivity index (χ1) is 7.74. The van der Waals surface area contributed by atoms with Crippen molar-refractivity contribution in [2.24, 2.45) is 0 Å². The fraction of sp³-hybridized carbons (Fsp3) is 0.273. The molecule has 0 aliphatic carbocycles. The van der Waals surface area contributed by atoms with Crippen molar-refractivity contribution >= 4 is 28.1 Å². The molecule has 1 aromatic carbocycles. The second-order valence-corrected chi connectivity index (χ2v) is 5.05. The van der Waals surface area contributed by atoms with Crippen LogP contribution in [0.25, 0.3) is 0 Å². The molecule has 1 heterocycles. The fourth-order valence-electron chi connectivity index (χ4n) is 1.33. The quantitative estimate of drug-likeness (QED) is 0.910. The van der Waals surface area contributed by atoms with E-state index in [1.54, 1.807) is 11.3 Å². The molecule has 0 saturated heterocycles. The van der Waals surface area contributed by atoms with Crippen molar-refractivity contribution in [2.45, 2.75) is 13.3 Å². The van der Waals surface area contributed by atoms with Gasteiger partial charge in [0.15, 0.2) is 0 Å². The van der Waals surface area contributed by atoms with Gasteiger partial charge in [-0.3, -0.25) is 0 Å². The molecule has 0 spiro atoms. The van der Waals surface area contributed by atoms with E-state index >= 15 is 0 Å². The highest BCUT2D eigenvalue weighted by Crippen LogP contribution is 2.14. The number of nitrogens with zero attached hydrogens (tertiary/aromatic N) is 2. The second-order valence-electron chi connectivity index (χ2n) is 3.43. The van der Waals surface area contributed by atoms with Gasteiger partial charge in [0.25, 0.3) is 0 Å². The van der Waals surface area contributed by atoms with Crippen LogP contribution in [-0.2, 0) is 6.42 Å². The molecule has 2 aromatic rings. The first-order valence-corrected chi connectivity index (χ1v) is 6.22. The molecule has 3 nitrogen and oxygen atoms in total. The third kappa shape index (κ3) is 3.18. The average molecular weight is 254 g/mol. The van der Waals surface area contributed by atoms with Gasteiger partial charge in [-0.1, -0.05) is 35.1 Å². The molecule has 84 valence electrons. The van der Waals surface area contributed by atoms with Crippen molar-refractivity contribution in [1.29, 1.82) is 0 Å². The van der Waals surface area contributed by atoms with Crippen LogP contribution in [-0.4, -0.2) is 16.7 Å². The summed E-state index contributed by atoms with van der Waals surface area (Å²) in [5, 5.41) is 13.8. The highest BCUT2D eigenvalue weighted by atomic mass is 35.5. The summed E-state index contributed by atoms with van der Waals surface area (Å²) < 4.78 is 0. The molecule has 0 fully saturated rings. The van der Waals surface area contributed by atoms with Crippen LogP contribution in [0.15, 0.2) is 24.3 Å². The van der Waals surface area contributed by atoms with E-state index < -0.39 is 0 Å². The molecule has 0 radical (unpaired) electrons. The SMILES string of the molecule is Cc1nnc(NCCc2ccc(Cl)cc2)s1. The summed E-state index contributed by atoms with van der Waals surface area (Å²) in [6, 6.07) is 7.89. The first-order valence-electron chi connectivity index (χ1n) is 5.02. The largest absolute Gasteiger partial charge is 0.360 e. The summed E-state index contributed by atoms with van der Waals surface area (Å²) in [6.45, 7) is 2.80. The molecule has 2 rings (SSSR count). The predicted molar refractivity (Wildman–Crippen MR) is 68.3 cm³/mol. The zero-order valence-corrected chi connectivity index (χ0v) is 10.5. The topological polar surface area (TPSA) is 37.8 Å². The Kier molecular flexibility index (Phi) is 3.74. The van der Waals surface area contributed by atoms with Crippen LogP contribution in [0, 0.1) is 6.92 Å². The third-order valence-corrected chi connectivity index (χ3v) is 3.18. The number of rotatable bonds is 4. The van der Waals surface area contributed by atoms with E-state index in [-0.39, 0.29) is 0 Å². The molecule has 0 atom stereocenters. The number of benzene rings is 1. The van der Waals surface area contributed by atoms with E-state index in [1.165, 1.54) is 5.56 Å². The van der Waals surface area contributed by atoms with Crippen molar-refractivity contribution in [2.75, 3.05) is 11.9 Å². The lowest BCUT2D eigenvalue weighted by molar-refractivity contribution is 0.986. The standard InChI is InChI=1S/C11H12ClN3S/c1-8-14-15-11(16-8)13-7-6-9-2-4-10(12)5-3-9/h2-5H,6-7H2,1H3,(H,13,15). The maximum Gasteiger partial charge on any atom is 0.205 e. The number of nitrogens with one attached hydrogen (secondary N) is 1. The Hall–Kier alpha value is -1.13. The molecule has 0 bridgehead atoms. The summed E-state index contributed by atoms with van der Waals surface area (Å²) in [5.41, 5.74) is 1.26. The highest BCUT2D eigenvalue weighted by molar-refractivity contribution is 7.15. The molecule has 16 heavy (non-hydrogen) atoms. The lowest BCUT2D eigenvalue weighted by Gasteiger charge is -2.02. The summed E-state index contributed by atoms with van der Waals surface area (Å²) in [7, 11) is 0. The molecule has 0 amide bonds. The van der Waals surface area contributed by atoms with Crippen molar-refractivity contribution in [1.82, 2.24) is 10.2 Å². The molecule has 0 unspecified atom stereocenters. The van der Waals surface area contributed by atoms with Crippen LogP contribution in [0.3, 0.4) is 0 Å². The smallest absolute Gasteiger partial charge is 0.205 e.